The highest BCUT2D eigenvalue weighted by molar-refractivity contribution is 9.10. The molecule has 0 saturated carbocycles. The van der Waals surface area contributed by atoms with E-state index in [4.69, 9.17) is 4.74 Å². The van der Waals surface area contributed by atoms with E-state index in [9.17, 15) is 14.5 Å². The molecule has 0 spiro atoms. The maximum absolute atomic E-state index is 13.1. The predicted octanol–water partition coefficient (Wildman–Crippen LogP) is 4.38. The molecule has 0 N–H and O–H groups in total. The Balaban J connectivity index is 2.21. The lowest BCUT2D eigenvalue weighted by Crippen LogP contribution is -2.01. The van der Waals surface area contributed by atoms with Gasteiger partial charge in [0.15, 0.2) is 0 Å². The third-order valence-corrected chi connectivity index (χ3v) is 3.55. The molecule has 0 atom stereocenters. The fourth-order valence-corrected chi connectivity index (χ4v) is 2.13. The van der Waals surface area contributed by atoms with Gasteiger partial charge in [-0.2, -0.15) is 0 Å². The number of ether oxygens (including phenoxy) is 1. The highest BCUT2D eigenvalue weighted by Crippen LogP contribution is 2.28. The predicted molar refractivity (Wildman–Crippen MR) is 76.3 cm³/mol. The van der Waals surface area contributed by atoms with Crippen molar-refractivity contribution in [2.45, 2.75) is 13.5 Å². The van der Waals surface area contributed by atoms with Crippen LogP contribution in [0.15, 0.2) is 40.9 Å². The molecule has 0 amide bonds. The molecule has 0 radical (unpaired) electrons. The summed E-state index contributed by atoms with van der Waals surface area (Å²) >= 11 is 3.26. The van der Waals surface area contributed by atoms with E-state index in [1.165, 1.54) is 18.2 Å². The van der Waals surface area contributed by atoms with E-state index >= 15 is 0 Å². The Kier molecular flexibility index (Phi) is 4.34. The van der Waals surface area contributed by atoms with Gasteiger partial charge in [-0.15, -0.1) is 0 Å². The van der Waals surface area contributed by atoms with Crippen molar-refractivity contribution < 1.29 is 14.1 Å². The summed E-state index contributed by atoms with van der Waals surface area (Å²) in [6.45, 7) is 1.80. The Hall–Kier alpha value is -1.95. The Morgan fingerprint density at radius 1 is 1.35 bits per heavy atom. The maximum atomic E-state index is 13.1. The van der Waals surface area contributed by atoms with Crippen LogP contribution >= 0.6 is 15.9 Å². The molecule has 6 heteroatoms. The van der Waals surface area contributed by atoms with Crippen molar-refractivity contribution in [2.24, 2.45) is 0 Å². The Labute approximate surface area is 123 Å². The number of benzene rings is 2. The van der Waals surface area contributed by atoms with E-state index in [1.807, 2.05) is 0 Å². The molecule has 2 aromatic carbocycles. The van der Waals surface area contributed by atoms with E-state index in [0.29, 0.717) is 21.3 Å². The minimum atomic E-state index is -0.434. The van der Waals surface area contributed by atoms with Gasteiger partial charge in [0, 0.05) is 17.7 Å². The minimum absolute atomic E-state index is 0.0457. The Bertz CT molecular complexity index is 661. The number of hydrogen-bond donors (Lipinski definition) is 0. The first-order chi connectivity index (χ1) is 9.49. The lowest BCUT2D eigenvalue weighted by atomic mass is 10.1. The van der Waals surface area contributed by atoms with Crippen LogP contribution in [0.25, 0.3) is 0 Å². The van der Waals surface area contributed by atoms with Gasteiger partial charge in [0.1, 0.15) is 18.2 Å². The lowest BCUT2D eigenvalue weighted by molar-refractivity contribution is -0.385. The van der Waals surface area contributed by atoms with E-state index < -0.39 is 10.7 Å². The third-order valence-electron chi connectivity index (χ3n) is 2.89. The van der Waals surface area contributed by atoms with Gasteiger partial charge < -0.3 is 4.74 Å². The van der Waals surface area contributed by atoms with Crippen LogP contribution in [0.5, 0.6) is 5.75 Å². The van der Waals surface area contributed by atoms with Crippen LogP contribution in [-0.2, 0) is 6.61 Å². The smallest absolute Gasteiger partial charge is 0.272 e. The standard InChI is InChI=1S/C14H11BrFNO3/c1-9-10(3-2-4-13(9)17(18)19)8-20-14-7-11(16)5-6-12(14)15/h2-7H,8H2,1H3. The highest BCUT2D eigenvalue weighted by atomic mass is 79.9. The summed E-state index contributed by atoms with van der Waals surface area (Å²) in [5, 5.41) is 10.9. The molecule has 2 rings (SSSR count). The SMILES string of the molecule is Cc1c(COc2cc(F)ccc2Br)cccc1[N+](=O)[O-]. The number of nitro groups is 1. The van der Waals surface area contributed by atoms with Crippen molar-refractivity contribution in [2.75, 3.05) is 0 Å². The average Bonchev–Trinajstić information content (AvgIpc) is 2.41. The zero-order chi connectivity index (χ0) is 14.7. The Morgan fingerprint density at radius 3 is 2.80 bits per heavy atom. The maximum Gasteiger partial charge on any atom is 0.272 e. The van der Waals surface area contributed by atoms with Crippen LogP contribution in [0.4, 0.5) is 10.1 Å². The summed E-state index contributed by atoms with van der Waals surface area (Å²) in [5.74, 6) is -0.0464. The summed E-state index contributed by atoms with van der Waals surface area (Å²) < 4.78 is 19.3. The summed E-state index contributed by atoms with van der Waals surface area (Å²) in [6, 6.07) is 8.91. The van der Waals surface area contributed by atoms with Crippen molar-refractivity contribution in [1.29, 1.82) is 0 Å². The number of hydrogen-bond acceptors (Lipinski definition) is 3. The lowest BCUT2D eigenvalue weighted by Gasteiger charge is -2.10. The molecule has 0 aliphatic rings. The zero-order valence-electron chi connectivity index (χ0n) is 10.6. The average molecular weight is 340 g/mol. The third kappa shape index (κ3) is 3.14. The molecular weight excluding hydrogens is 329 g/mol. The molecule has 4 nitrogen and oxygen atoms in total. The van der Waals surface area contributed by atoms with Crippen molar-refractivity contribution in [3.05, 3.63) is 67.9 Å². The van der Waals surface area contributed by atoms with E-state index in [0.717, 1.165) is 0 Å². The van der Waals surface area contributed by atoms with Crippen LogP contribution in [-0.4, -0.2) is 4.92 Å². The van der Waals surface area contributed by atoms with Gasteiger partial charge in [0.2, 0.25) is 0 Å². The van der Waals surface area contributed by atoms with Crippen molar-refractivity contribution in [3.8, 4) is 5.75 Å². The first-order valence-electron chi connectivity index (χ1n) is 5.80. The van der Waals surface area contributed by atoms with Gasteiger partial charge in [-0.1, -0.05) is 12.1 Å². The summed E-state index contributed by atoms with van der Waals surface area (Å²) in [7, 11) is 0. The molecule has 0 aliphatic heterocycles. The molecule has 104 valence electrons. The molecule has 0 unspecified atom stereocenters. The minimum Gasteiger partial charge on any atom is -0.488 e. The topological polar surface area (TPSA) is 52.4 Å². The molecule has 0 aromatic heterocycles. The van der Waals surface area contributed by atoms with Crippen LogP contribution in [0.2, 0.25) is 0 Å². The monoisotopic (exact) mass is 339 g/mol. The van der Waals surface area contributed by atoms with Crippen LogP contribution < -0.4 is 4.74 Å². The molecule has 2 aromatic rings. The molecule has 20 heavy (non-hydrogen) atoms. The van der Waals surface area contributed by atoms with Gasteiger partial charge in [-0.05, 0) is 40.5 Å². The first-order valence-corrected chi connectivity index (χ1v) is 6.59. The summed E-state index contributed by atoms with van der Waals surface area (Å²) in [4.78, 5) is 10.4. The molecule has 0 heterocycles. The molecule has 0 aliphatic carbocycles. The molecular formula is C14H11BrFNO3. The number of nitrogens with zero attached hydrogens (tertiary/aromatic N) is 1. The second-order valence-corrected chi connectivity index (χ2v) is 5.04. The van der Waals surface area contributed by atoms with Gasteiger partial charge in [-0.25, -0.2) is 4.39 Å². The quantitative estimate of drug-likeness (QED) is 0.613. The first kappa shape index (κ1) is 14.5. The molecule has 0 bridgehead atoms. The second kappa shape index (κ2) is 6.00. The van der Waals surface area contributed by atoms with Crippen molar-refractivity contribution in [3.63, 3.8) is 0 Å². The van der Waals surface area contributed by atoms with E-state index in [-0.39, 0.29) is 12.3 Å². The van der Waals surface area contributed by atoms with Crippen molar-refractivity contribution in [1.82, 2.24) is 0 Å². The molecule has 0 fully saturated rings. The van der Waals surface area contributed by atoms with Crippen LogP contribution in [0, 0.1) is 22.9 Å². The van der Waals surface area contributed by atoms with E-state index in [2.05, 4.69) is 15.9 Å². The zero-order valence-corrected chi connectivity index (χ0v) is 12.2. The Morgan fingerprint density at radius 2 is 2.10 bits per heavy atom. The fraction of sp³-hybridized carbons (Fsp3) is 0.143. The number of nitro benzene ring substituents is 1. The summed E-state index contributed by atoms with van der Waals surface area (Å²) in [6.07, 6.45) is 0. The number of halogens is 2. The van der Waals surface area contributed by atoms with Crippen LogP contribution in [0.1, 0.15) is 11.1 Å². The fourth-order valence-electron chi connectivity index (χ4n) is 1.77. The second-order valence-electron chi connectivity index (χ2n) is 4.18. The van der Waals surface area contributed by atoms with Gasteiger partial charge in [0.25, 0.3) is 5.69 Å². The largest absolute Gasteiger partial charge is 0.488 e. The van der Waals surface area contributed by atoms with Gasteiger partial charge in [-0.3, -0.25) is 10.1 Å². The summed E-state index contributed by atoms with van der Waals surface area (Å²) in [5.41, 5.74) is 1.28. The normalized spacial score (nSPS) is 10.3. The van der Waals surface area contributed by atoms with Gasteiger partial charge in [0.05, 0.1) is 9.40 Å². The molecule has 0 saturated heterocycles. The van der Waals surface area contributed by atoms with Crippen molar-refractivity contribution >= 4 is 21.6 Å². The van der Waals surface area contributed by atoms with Gasteiger partial charge >= 0.3 is 0 Å². The van der Waals surface area contributed by atoms with Crippen LogP contribution in [0.3, 0.4) is 0 Å². The highest BCUT2D eigenvalue weighted by Gasteiger charge is 2.13. The van der Waals surface area contributed by atoms with E-state index in [1.54, 1.807) is 25.1 Å². The number of rotatable bonds is 4.